The monoisotopic (exact) mass is 365 g/mol. The number of benzene rings is 1. The molecule has 1 heterocycles. The van der Waals surface area contributed by atoms with Gasteiger partial charge in [-0.15, -0.1) is 0 Å². The van der Waals surface area contributed by atoms with Crippen molar-refractivity contribution in [3.63, 3.8) is 0 Å². The van der Waals surface area contributed by atoms with E-state index in [2.05, 4.69) is 5.32 Å². The number of aliphatic carboxylic acids is 1. The summed E-state index contributed by atoms with van der Waals surface area (Å²) in [5.41, 5.74) is 1.06. The van der Waals surface area contributed by atoms with Gasteiger partial charge < -0.3 is 24.8 Å². The van der Waals surface area contributed by atoms with Gasteiger partial charge in [0.2, 0.25) is 0 Å². The first-order valence-corrected chi connectivity index (χ1v) is 8.69. The number of carboxylic acid groups (broad SMARTS) is 1. The summed E-state index contributed by atoms with van der Waals surface area (Å²) in [6.07, 6.45) is -0.193. The summed E-state index contributed by atoms with van der Waals surface area (Å²) in [5.74, 6) is -0.0683. The van der Waals surface area contributed by atoms with Crippen LogP contribution in [0.5, 0.6) is 5.75 Å². The van der Waals surface area contributed by atoms with Crippen LogP contribution >= 0.6 is 0 Å². The fourth-order valence-corrected chi connectivity index (χ4v) is 2.81. The Labute approximate surface area is 153 Å². The number of para-hydroxylation sites is 1. The van der Waals surface area contributed by atoms with E-state index in [4.69, 9.17) is 14.6 Å². The minimum atomic E-state index is -0.883. The number of urea groups is 1. The third-order valence-electron chi connectivity index (χ3n) is 4.08. The second-order valence-corrected chi connectivity index (χ2v) is 6.38. The van der Waals surface area contributed by atoms with Gasteiger partial charge in [0.25, 0.3) is 0 Å². The van der Waals surface area contributed by atoms with E-state index < -0.39 is 5.97 Å². The maximum Gasteiger partial charge on any atom is 0.317 e. The van der Waals surface area contributed by atoms with Crippen LogP contribution < -0.4 is 10.1 Å². The number of ether oxygens (including phenoxy) is 2. The molecule has 2 rings (SSSR count). The molecule has 1 atom stereocenters. The molecule has 0 bridgehead atoms. The lowest BCUT2D eigenvalue weighted by Gasteiger charge is -2.34. The number of carbonyl (C=O) groups excluding carboxylic acids is 1. The molecule has 0 saturated carbocycles. The van der Waals surface area contributed by atoms with Crippen molar-refractivity contribution in [1.82, 2.24) is 15.1 Å². The number of likely N-dealkylation sites (N-methyl/N-ethyl adjacent to an activating group) is 1. The van der Waals surface area contributed by atoms with Gasteiger partial charge in [0.1, 0.15) is 12.4 Å². The number of morpholine rings is 1. The summed E-state index contributed by atoms with van der Waals surface area (Å²) >= 11 is 0. The number of carbonyl (C=O) groups is 2. The summed E-state index contributed by atoms with van der Waals surface area (Å²) in [4.78, 5) is 26.4. The van der Waals surface area contributed by atoms with Crippen LogP contribution in [-0.2, 0) is 9.53 Å². The highest BCUT2D eigenvalue weighted by Crippen LogP contribution is 2.15. The molecule has 1 saturated heterocycles. The summed E-state index contributed by atoms with van der Waals surface area (Å²) in [5, 5.41) is 11.7. The molecular weight excluding hydrogens is 338 g/mol. The first kappa shape index (κ1) is 20.0. The van der Waals surface area contributed by atoms with E-state index >= 15 is 0 Å². The molecule has 2 amide bonds. The van der Waals surface area contributed by atoms with Crippen LogP contribution in [-0.4, -0.2) is 86.0 Å². The van der Waals surface area contributed by atoms with Gasteiger partial charge in [-0.3, -0.25) is 9.69 Å². The second kappa shape index (κ2) is 9.98. The molecule has 1 aliphatic rings. The molecule has 1 aliphatic heterocycles. The highest BCUT2D eigenvalue weighted by molar-refractivity contribution is 5.74. The topological polar surface area (TPSA) is 91.3 Å². The lowest BCUT2D eigenvalue weighted by atomic mass is 10.2. The molecule has 2 N–H and O–H groups in total. The summed E-state index contributed by atoms with van der Waals surface area (Å²) in [6.45, 7) is 4.59. The number of amides is 2. The van der Waals surface area contributed by atoms with Gasteiger partial charge in [-0.1, -0.05) is 18.2 Å². The number of nitrogens with zero attached hydrogens (tertiary/aromatic N) is 2. The molecule has 0 spiro atoms. The van der Waals surface area contributed by atoms with E-state index in [1.165, 1.54) is 0 Å². The van der Waals surface area contributed by atoms with E-state index in [9.17, 15) is 9.59 Å². The van der Waals surface area contributed by atoms with Gasteiger partial charge in [-0.05, 0) is 25.6 Å². The summed E-state index contributed by atoms with van der Waals surface area (Å²) in [7, 11) is 1.72. The minimum absolute atomic E-state index is 0.0533. The fourth-order valence-electron chi connectivity index (χ4n) is 2.81. The Balaban J connectivity index is 1.69. The SMILES string of the molecule is Cc1ccccc1OCCNC(=O)N1CCOC(CN(C)CC(=O)O)C1. The van der Waals surface area contributed by atoms with Crippen molar-refractivity contribution < 1.29 is 24.2 Å². The molecule has 8 nitrogen and oxygen atoms in total. The van der Waals surface area contributed by atoms with E-state index in [0.717, 1.165) is 11.3 Å². The number of nitrogens with one attached hydrogen (secondary N) is 1. The van der Waals surface area contributed by atoms with Crippen molar-refractivity contribution in [2.24, 2.45) is 0 Å². The van der Waals surface area contributed by atoms with E-state index in [1.807, 2.05) is 31.2 Å². The van der Waals surface area contributed by atoms with Crippen molar-refractivity contribution in [2.75, 3.05) is 53.0 Å². The number of carboxylic acids is 1. The maximum absolute atomic E-state index is 12.3. The predicted molar refractivity (Wildman–Crippen MR) is 96.5 cm³/mol. The Morgan fingerprint density at radius 3 is 2.92 bits per heavy atom. The highest BCUT2D eigenvalue weighted by atomic mass is 16.5. The van der Waals surface area contributed by atoms with Crippen molar-refractivity contribution in [2.45, 2.75) is 13.0 Å². The minimum Gasteiger partial charge on any atom is -0.491 e. The van der Waals surface area contributed by atoms with Gasteiger partial charge in [0, 0.05) is 19.6 Å². The van der Waals surface area contributed by atoms with Gasteiger partial charge in [0.05, 0.1) is 25.8 Å². The van der Waals surface area contributed by atoms with Crippen molar-refractivity contribution in [1.29, 1.82) is 0 Å². The first-order chi connectivity index (χ1) is 12.5. The van der Waals surface area contributed by atoms with Crippen molar-refractivity contribution in [3.05, 3.63) is 29.8 Å². The molecule has 1 aromatic carbocycles. The maximum atomic E-state index is 12.3. The van der Waals surface area contributed by atoms with Gasteiger partial charge in [-0.2, -0.15) is 0 Å². The first-order valence-electron chi connectivity index (χ1n) is 8.69. The van der Waals surface area contributed by atoms with Crippen molar-refractivity contribution >= 4 is 12.0 Å². The largest absolute Gasteiger partial charge is 0.491 e. The molecule has 1 fully saturated rings. The summed E-state index contributed by atoms with van der Waals surface area (Å²) in [6, 6.07) is 7.58. The lowest BCUT2D eigenvalue weighted by Crippen LogP contribution is -2.52. The average molecular weight is 365 g/mol. The van der Waals surface area contributed by atoms with Gasteiger partial charge in [-0.25, -0.2) is 4.79 Å². The second-order valence-electron chi connectivity index (χ2n) is 6.38. The van der Waals surface area contributed by atoms with Crippen LogP contribution in [0.2, 0.25) is 0 Å². The van der Waals surface area contributed by atoms with E-state index in [-0.39, 0.29) is 18.7 Å². The predicted octanol–water partition coefficient (Wildman–Crippen LogP) is 0.801. The summed E-state index contributed by atoms with van der Waals surface area (Å²) < 4.78 is 11.3. The zero-order chi connectivity index (χ0) is 18.9. The number of aryl methyl sites for hydroxylation is 1. The third-order valence-corrected chi connectivity index (χ3v) is 4.08. The zero-order valence-corrected chi connectivity index (χ0v) is 15.3. The molecule has 144 valence electrons. The number of rotatable bonds is 8. The molecule has 1 unspecified atom stereocenters. The van der Waals surface area contributed by atoms with Crippen LogP contribution in [0.4, 0.5) is 4.79 Å². The standard InChI is InChI=1S/C18H27N3O5/c1-14-5-3-4-6-16(14)26-9-7-19-18(24)21-8-10-25-15(12-21)11-20(2)13-17(22)23/h3-6,15H,7-13H2,1-2H3,(H,19,24)(H,22,23). The van der Waals surface area contributed by atoms with E-state index in [0.29, 0.717) is 39.4 Å². The quantitative estimate of drug-likeness (QED) is 0.662. The number of hydrogen-bond acceptors (Lipinski definition) is 5. The highest BCUT2D eigenvalue weighted by Gasteiger charge is 2.25. The molecular formula is C18H27N3O5. The smallest absolute Gasteiger partial charge is 0.317 e. The van der Waals surface area contributed by atoms with Crippen LogP contribution in [0.15, 0.2) is 24.3 Å². The third kappa shape index (κ3) is 6.53. The van der Waals surface area contributed by atoms with Gasteiger partial charge >= 0.3 is 12.0 Å². The Morgan fingerprint density at radius 1 is 1.42 bits per heavy atom. The molecule has 1 aromatic rings. The Kier molecular flexibility index (Phi) is 7.68. The van der Waals surface area contributed by atoms with Crippen LogP contribution in [0.3, 0.4) is 0 Å². The molecule has 0 aromatic heterocycles. The van der Waals surface area contributed by atoms with E-state index in [1.54, 1.807) is 16.8 Å². The Morgan fingerprint density at radius 2 is 2.19 bits per heavy atom. The molecule has 0 aliphatic carbocycles. The van der Waals surface area contributed by atoms with Crippen LogP contribution in [0.1, 0.15) is 5.56 Å². The lowest BCUT2D eigenvalue weighted by molar-refractivity contribution is -0.138. The normalized spacial score (nSPS) is 17.2. The Bertz CT molecular complexity index is 610. The number of hydrogen-bond donors (Lipinski definition) is 2. The molecule has 26 heavy (non-hydrogen) atoms. The average Bonchev–Trinajstić information content (AvgIpc) is 2.59. The van der Waals surface area contributed by atoms with Crippen molar-refractivity contribution in [3.8, 4) is 5.75 Å². The van der Waals surface area contributed by atoms with Gasteiger partial charge in [0.15, 0.2) is 0 Å². The zero-order valence-electron chi connectivity index (χ0n) is 15.3. The molecule has 0 radical (unpaired) electrons. The molecule has 8 heteroatoms. The van der Waals surface area contributed by atoms with Crippen LogP contribution in [0.25, 0.3) is 0 Å². The fraction of sp³-hybridized carbons (Fsp3) is 0.556. The van der Waals surface area contributed by atoms with Crippen LogP contribution in [0, 0.1) is 6.92 Å². The Hall–Kier alpha value is -2.32.